The van der Waals surface area contributed by atoms with Crippen LogP contribution in [-0.2, 0) is 11.3 Å². The van der Waals surface area contributed by atoms with Gasteiger partial charge in [-0.1, -0.05) is 12.1 Å². The summed E-state index contributed by atoms with van der Waals surface area (Å²) < 4.78 is 2.10. The molecule has 0 aliphatic carbocycles. The van der Waals surface area contributed by atoms with E-state index in [0.717, 1.165) is 38.2 Å². The van der Waals surface area contributed by atoms with Crippen molar-refractivity contribution in [1.82, 2.24) is 14.5 Å². The molecule has 8 nitrogen and oxygen atoms in total. The average Bonchev–Trinajstić information content (AvgIpc) is 3.20. The van der Waals surface area contributed by atoms with Crippen LogP contribution in [-0.4, -0.2) is 38.4 Å². The molecule has 0 saturated carbocycles. The lowest BCUT2D eigenvalue weighted by atomic mass is 10.0. The highest BCUT2D eigenvalue weighted by Crippen LogP contribution is 2.30. The van der Waals surface area contributed by atoms with Gasteiger partial charge in [0.25, 0.3) is 5.69 Å². The highest BCUT2D eigenvalue weighted by molar-refractivity contribution is 5.76. The summed E-state index contributed by atoms with van der Waals surface area (Å²) in [6, 6.07) is 6.60. The van der Waals surface area contributed by atoms with Crippen LogP contribution in [0.1, 0.15) is 50.9 Å². The number of hydrogen-bond donors (Lipinski definition) is 1. The predicted octanol–water partition coefficient (Wildman–Crippen LogP) is 3.76. The van der Waals surface area contributed by atoms with Crippen molar-refractivity contribution < 1.29 is 9.72 Å². The second-order valence-corrected chi connectivity index (χ2v) is 6.97. The summed E-state index contributed by atoms with van der Waals surface area (Å²) in [5.74, 6) is 1.09. The molecule has 1 amide bonds. The number of nitro benzene ring substituents is 1. The van der Waals surface area contributed by atoms with Gasteiger partial charge in [-0.15, -0.1) is 0 Å². The van der Waals surface area contributed by atoms with Gasteiger partial charge in [-0.2, -0.15) is 0 Å². The number of para-hydroxylation sites is 2. The third-order valence-electron chi connectivity index (χ3n) is 5.19. The van der Waals surface area contributed by atoms with Gasteiger partial charge in [0.2, 0.25) is 5.91 Å². The number of carbonyl (C=O) groups is 1. The maximum Gasteiger partial charge on any atom is 0.292 e. The minimum atomic E-state index is -0.401. The number of benzene rings is 1. The zero-order valence-electron chi connectivity index (χ0n) is 16.2. The van der Waals surface area contributed by atoms with E-state index in [-0.39, 0.29) is 17.6 Å². The Kier molecular flexibility index (Phi) is 6.62. The van der Waals surface area contributed by atoms with Crippen molar-refractivity contribution >= 4 is 17.3 Å². The van der Waals surface area contributed by atoms with Crippen LogP contribution in [0.15, 0.2) is 36.7 Å². The van der Waals surface area contributed by atoms with Crippen LogP contribution < -0.4 is 5.32 Å². The Labute approximate surface area is 164 Å². The molecule has 1 aromatic carbocycles. The van der Waals surface area contributed by atoms with E-state index >= 15 is 0 Å². The minimum absolute atomic E-state index is 0.0411. The molecule has 2 heterocycles. The van der Waals surface area contributed by atoms with Crippen molar-refractivity contribution in [2.24, 2.45) is 0 Å². The number of amides is 1. The number of aryl methyl sites for hydroxylation is 1. The lowest BCUT2D eigenvalue weighted by Gasteiger charge is -2.35. The molecule has 0 spiro atoms. The number of piperidine rings is 1. The molecule has 1 aliphatic heterocycles. The highest BCUT2D eigenvalue weighted by atomic mass is 16.6. The van der Waals surface area contributed by atoms with Crippen molar-refractivity contribution in [1.29, 1.82) is 0 Å². The van der Waals surface area contributed by atoms with Gasteiger partial charge in [-0.05, 0) is 38.7 Å². The van der Waals surface area contributed by atoms with E-state index in [4.69, 9.17) is 0 Å². The number of hydrogen-bond acceptors (Lipinski definition) is 5. The van der Waals surface area contributed by atoms with Crippen molar-refractivity contribution in [3.63, 3.8) is 0 Å². The number of imidazole rings is 1. The number of likely N-dealkylation sites (tertiary alicyclic amines) is 1. The van der Waals surface area contributed by atoms with Crippen molar-refractivity contribution in [3.05, 3.63) is 52.6 Å². The van der Waals surface area contributed by atoms with Crippen LogP contribution in [0.4, 0.5) is 11.4 Å². The summed E-state index contributed by atoms with van der Waals surface area (Å²) >= 11 is 0. The molecule has 1 saturated heterocycles. The number of nitrogens with zero attached hydrogens (tertiary/aromatic N) is 4. The third kappa shape index (κ3) is 4.49. The normalized spacial score (nSPS) is 16.8. The zero-order valence-corrected chi connectivity index (χ0v) is 16.2. The SMILES string of the molecule is CCn1ccnc1[C@@H]1CCCCN1C(=O)CCCNc1ccccc1[N+](=O)[O-]. The first-order chi connectivity index (χ1) is 13.6. The average molecular weight is 385 g/mol. The molecule has 1 N–H and O–H groups in total. The third-order valence-corrected chi connectivity index (χ3v) is 5.19. The molecule has 1 aliphatic rings. The molecular formula is C20H27N5O3. The molecule has 1 atom stereocenters. The van der Waals surface area contributed by atoms with Gasteiger partial charge in [0.05, 0.1) is 11.0 Å². The summed E-state index contributed by atoms with van der Waals surface area (Å²) in [5, 5.41) is 14.1. The summed E-state index contributed by atoms with van der Waals surface area (Å²) in [6.07, 6.45) is 7.86. The molecule has 1 aromatic heterocycles. The summed E-state index contributed by atoms with van der Waals surface area (Å²) in [7, 11) is 0. The summed E-state index contributed by atoms with van der Waals surface area (Å²) in [6.45, 7) is 4.19. The first-order valence-electron chi connectivity index (χ1n) is 9.89. The molecule has 3 rings (SSSR count). The molecular weight excluding hydrogens is 358 g/mol. The smallest absolute Gasteiger partial charge is 0.292 e. The molecule has 8 heteroatoms. The molecule has 0 bridgehead atoms. The van der Waals surface area contributed by atoms with E-state index in [1.807, 2.05) is 11.1 Å². The minimum Gasteiger partial charge on any atom is -0.379 e. The maximum absolute atomic E-state index is 12.8. The van der Waals surface area contributed by atoms with Gasteiger partial charge >= 0.3 is 0 Å². The summed E-state index contributed by atoms with van der Waals surface area (Å²) in [5.41, 5.74) is 0.539. The van der Waals surface area contributed by atoms with Crippen LogP contribution in [0, 0.1) is 10.1 Å². The number of nitrogens with one attached hydrogen (secondary N) is 1. The van der Waals surface area contributed by atoms with Gasteiger partial charge in [0, 0.05) is 44.5 Å². The lowest BCUT2D eigenvalue weighted by Crippen LogP contribution is -2.39. The molecule has 2 aromatic rings. The van der Waals surface area contributed by atoms with E-state index < -0.39 is 4.92 Å². The van der Waals surface area contributed by atoms with Crippen molar-refractivity contribution in [2.75, 3.05) is 18.4 Å². The largest absolute Gasteiger partial charge is 0.379 e. The Morgan fingerprint density at radius 3 is 2.96 bits per heavy atom. The van der Waals surface area contributed by atoms with Crippen molar-refractivity contribution in [3.8, 4) is 0 Å². The Hall–Kier alpha value is -2.90. The zero-order chi connectivity index (χ0) is 19.9. The van der Waals surface area contributed by atoms with Crippen molar-refractivity contribution in [2.45, 2.75) is 51.6 Å². The van der Waals surface area contributed by atoms with Gasteiger partial charge in [-0.25, -0.2) is 4.98 Å². The van der Waals surface area contributed by atoms with Gasteiger partial charge < -0.3 is 14.8 Å². The Morgan fingerprint density at radius 1 is 1.36 bits per heavy atom. The molecule has 28 heavy (non-hydrogen) atoms. The Balaban J connectivity index is 1.56. The Morgan fingerprint density at radius 2 is 2.18 bits per heavy atom. The second-order valence-electron chi connectivity index (χ2n) is 6.97. The van der Waals surface area contributed by atoms with Gasteiger partial charge in [0.1, 0.15) is 11.5 Å². The number of rotatable bonds is 8. The van der Waals surface area contributed by atoms with Crippen LogP contribution in [0.3, 0.4) is 0 Å². The monoisotopic (exact) mass is 385 g/mol. The number of nitro groups is 1. The first kappa shape index (κ1) is 19.9. The Bertz CT molecular complexity index is 820. The van der Waals surface area contributed by atoms with Gasteiger partial charge in [0.15, 0.2) is 0 Å². The van der Waals surface area contributed by atoms with Gasteiger partial charge in [-0.3, -0.25) is 14.9 Å². The van der Waals surface area contributed by atoms with E-state index in [9.17, 15) is 14.9 Å². The fourth-order valence-corrected chi connectivity index (χ4v) is 3.77. The van der Waals surface area contributed by atoms with E-state index in [1.54, 1.807) is 24.4 Å². The second kappa shape index (κ2) is 9.34. The quantitative estimate of drug-likeness (QED) is 0.424. The molecule has 0 unspecified atom stereocenters. The summed E-state index contributed by atoms with van der Waals surface area (Å²) in [4.78, 5) is 30.0. The maximum atomic E-state index is 12.8. The number of carbonyl (C=O) groups excluding carboxylic acids is 1. The molecule has 1 fully saturated rings. The van der Waals surface area contributed by atoms with Crippen LogP contribution in [0.25, 0.3) is 0 Å². The van der Waals surface area contributed by atoms with Crippen LogP contribution in [0.2, 0.25) is 0 Å². The molecule has 0 radical (unpaired) electrons. The number of aromatic nitrogens is 2. The van der Waals surface area contributed by atoms with E-state index in [1.165, 1.54) is 6.07 Å². The van der Waals surface area contributed by atoms with Crippen LogP contribution in [0.5, 0.6) is 0 Å². The predicted molar refractivity (Wildman–Crippen MR) is 107 cm³/mol. The highest BCUT2D eigenvalue weighted by Gasteiger charge is 2.30. The first-order valence-corrected chi connectivity index (χ1v) is 9.89. The van der Waals surface area contributed by atoms with Crippen LogP contribution >= 0.6 is 0 Å². The number of anilines is 1. The van der Waals surface area contributed by atoms with E-state index in [0.29, 0.717) is 25.1 Å². The van der Waals surface area contributed by atoms with E-state index in [2.05, 4.69) is 21.8 Å². The fraction of sp³-hybridized carbons (Fsp3) is 0.500. The fourth-order valence-electron chi connectivity index (χ4n) is 3.77. The standard InChI is InChI=1S/C20H27N5O3/c1-2-23-15-13-22-20(23)18-10-5-6-14-24(18)19(26)11-7-12-21-16-8-3-4-9-17(16)25(27)28/h3-4,8-9,13,15,18,21H,2,5-7,10-12,14H2,1H3/t18-/m0/s1. The lowest BCUT2D eigenvalue weighted by molar-refractivity contribution is -0.384. The molecule has 150 valence electrons. The topological polar surface area (TPSA) is 93.3 Å².